The molecule has 3 heteroatoms. The van der Waals surface area contributed by atoms with E-state index < -0.39 is 8.07 Å². The summed E-state index contributed by atoms with van der Waals surface area (Å²) in [6, 6.07) is 9.61. The molecule has 0 aliphatic carbocycles. The van der Waals surface area contributed by atoms with Crippen molar-refractivity contribution in [3.8, 4) is 0 Å². The van der Waals surface area contributed by atoms with Crippen LogP contribution in [0.5, 0.6) is 0 Å². The summed E-state index contributed by atoms with van der Waals surface area (Å²) in [6.45, 7) is 10.4. The van der Waals surface area contributed by atoms with Gasteiger partial charge in [0.25, 0.3) is 0 Å². The van der Waals surface area contributed by atoms with Gasteiger partial charge in [0.15, 0.2) is 0 Å². The average Bonchev–Trinajstić information content (AvgIpc) is 2.25. The van der Waals surface area contributed by atoms with Crippen LogP contribution < -0.4 is 5.32 Å². The number of nitrogens with one attached hydrogen (secondary N) is 1. The van der Waals surface area contributed by atoms with Crippen LogP contribution in [-0.2, 0) is 4.79 Å². The molecule has 1 unspecified atom stereocenters. The standard InChI is InChI=1S/C14H21NOSi/c1-5-9-13(17(2,3)4)14(16)15-12-10-7-6-8-11-12/h5-8,10-11,13H,1,9H2,2-4H3,(H,15,16). The number of carbonyl (C=O) groups excluding carboxylic acids is 1. The molecule has 0 aliphatic rings. The maximum atomic E-state index is 12.2. The topological polar surface area (TPSA) is 29.1 Å². The first-order chi connectivity index (χ1) is 7.95. The lowest BCUT2D eigenvalue weighted by Crippen LogP contribution is -2.36. The Morgan fingerprint density at radius 2 is 1.94 bits per heavy atom. The number of carbonyl (C=O) groups is 1. The van der Waals surface area contributed by atoms with Crippen LogP contribution in [0.2, 0.25) is 25.2 Å². The Bertz CT molecular complexity index is 381. The second-order valence-corrected chi connectivity index (χ2v) is 10.7. The van der Waals surface area contributed by atoms with Crippen LogP contribution in [-0.4, -0.2) is 14.0 Å². The van der Waals surface area contributed by atoms with Gasteiger partial charge in [-0.2, -0.15) is 0 Å². The molecular weight excluding hydrogens is 226 g/mol. The highest BCUT2D eigenvalue weighted by Gasteiger charge is 2.31. The van der Waals surface area contributed by atoms with E-state index in [4.69, 9.17) is 0 Å². The number of rotatable bonds is 5. The third-order valence-corrected chi connectivity index (χ3v) is 5.39. The van der Waals surface area contributed by atoms with Crippen LogP contribution in [0, 0.1) is 0 Å². The third-order valence-electron chi connectivity index (χ3n) is 2.81. The van der Waals surface area contributed by atoms with Gasteiger partial charge in [0.2, 0.25) is 5.91 Å². The molecule has 0 spiro atoms. The van der Waals surface area contributed by atoms with Crippen LogP contribution in [0.25, 0.3) is 0 Å². The molecule has 0 heterocycles. The molecular formula is C14H21NOSi. The van der Waals surface area contributed by atoms with Crippen molar-refractivity contribution in [2.45, 2.75) is 31.6 Å². The smallest absolute Gasteiger partial charge is 0.225 e. The molecule has 0 saturated heterocycles. The van der Waals surface area contributed by atoms with Gasteiger partial charge in [0, 0.05) is 11.2 Å². The normalized spacial score (nSPS) is 12.9. The zero-order valence-corrected chi connectivity index (χ0v) is 11.9. The highest BCUT2D eigenvalue weighted by Crippen LogP contribution is 2.27. The molecule has 0 radical (unpaired) electrons. The minimum Gasteiger partial charge on any atom is -0.326 e. The van der Waals surface area contributed by atoms with Gasteiger partial charge in [-0.1, -0.05) is 43.9 Å². The minimum absolute atomic E-state index is 0.0835. The predicted octanol–water partition coefficient (Wildman–Crippen LogP) is 3.91. The lowest BCUT2D eigenvalue weighted by molar-refractivity contribution is -0.116. The quantitative estimate of drug-likeness (QED) is 0.620. The number of hydrogen-bond donors (Lipinski definition) is 1. The monoisotopic (exact) mass is 247 g/mol. The van der Waals surface area contributed by atoms with E-state index in [1.165, 1.54) is 0 Å². The van der Waals surface area contributed by atoms with Crippen molar-refractivity contribution in [3.05, 3.63) is 43.0 Å². The van der Waals surface area contributed by atoms with E-state index in [9.17, 15) is 4.79 Å². The second-order valence-electron chi connectivity index (χ2n) is 5.30. The van der Waals surface area contributed by atoms with E-state index in [1.807, 2.05) is 36.4 Å². The van der Waals surface area contributed by atoms with Crippen molar-refractivity contribution in [2.24, 2.45) is 0 Å². The molecule has 0 aliphatic heterocycles. The maximum Gasteiger partial charge on any atom is 0.225 e. The maximum absolute atomic E-state index is 12.2. The van der Waals surface area contributed by atoms with Crippen LogP contribution in [0.3, 0.4) is 0 Å². The van der Waals surface area contributed by atoms with E-state index in [2.05, 4.69) is 31.5 Å². The molecule has 2 nitrogen and oxygen atoms in total. The SMILES string of the molecule is C=CCC(C(=O)Nc1ccccc1)[Si](C)(C)C. The first-order valence-corrected chi connectivity index (χ1v) is 9.49. The highest BCUT2D eigenvalue weighted by atomic mass is 28.3. The summed E-state index contributed by atoms with van der Waals surface area (Å²) in [4.78, 5) is 12.2. The fourth-order valence-corrected chi connectivity index (χ4v) is 3.50. The van der Waals surface area contributed by atoms with Gasteiger partial charge in [-0.3, -0.25) is 4.79 Å². The van der Waals surface area contributed by atoms with E-state index >= 15 is 0 Å². The van der Waals surface area contributed by atoms with Gasteiger partial charge in [-0.25, -0.2) is 0 Å². The summed E-state index contributed by atoms with van der Waals surface area (Å²) in [6.07, 6.45) is 2.60. The number of hydrogen-bond acceptors (Lipinski definition) is 1. The van der Waals surface area contributed by atoms with E-state index in [0.29, 0.717) is 0 Å². The van der Waals surface area contributed by atoms with Crippen LogP contribution in [0.1, 0.15) is 6.42 Å². The lowest BCUT2D eigenvalue weighted by Gasteiger charge is -2.26. The molecule has 1 N–H and O–H groups in total. The Morgan fingerprint density at radius 1 is 1.35 bits per heavy atom. The van der Waals surface area contributed by atoms with Gasteiger partial charge in [0.05, 0.1) is 8.07 Å². The Balaban J connectivity index is 2.76. The summed E-state index contributed by atoms with van der Waals surface area (Å²) in [5.74, 6) is 0.121. The molecule has 0 fully saturated rings. The molecule has 1 amide bonds. The van der Waals surface area contributed by atoms with E-state index in [0.717, 1.165) is 12.1 Å². The summed E-state index contributed by atoms with van der Waals surface area (Å²) in [5, 5.41) is 2.98. The predicted molar refractivity (Wildman–Crippen MR) is 77.0 cm³/mol. The van der Waals surface area contributed by atoms with Gasteiger partial charge in [-0.15, -0.1) is 6.58 Å². The Kier molecular flexibility index (Phi) is 4.69. The van der Waals surface area contributed by atoms with Gasteiger partial charge >= 0.3 is 0 Å². The molecule has 1 aromatic carbocycles. The summed E-state index contributed by atoms with van der Waals surface area (Å²) in [5.41, 5.74) is 0.949. The van der Waals surface area contributed by atoms with Crippen molar-refractivity contribution in [2.75, 3.05) is 5.32 Å². The van der Waals surface area contributed by atoms with Crippen molar-refractivity contribution >= 4 is 19.7 Å². The van der Waals surface area contributed by atoms with Gasteiger partial charge in [-0.05, 0) is 18.6 Å². The zero-order valence-electron chi connectivity index (χ0n) is 10.9. The Morgan fingerprint density at radius 3 is 2.41 bits per heavy atom. The number of allylic oxidation sites excluding steroid dienone is 1. The highest BCUT2D eigenvalue weighted by molar-refractivity contribution is 6.80. The van der Waals surface area contributed by atoms with Crippen molar-refractivity contribution in [3.63, 3.8) is 0 Å². The Labute approximate surface area is 105 Å². The van der Waals surface area contributed by atoms with Crippen LogP contribution in [0.4, 0.5) is 5.69 Å². The summed E-state index contributed by atoms with van der Waals surface area (Å²) >= 11 is 0. The first-order valence-electron chi connectivity index (χ1n) is 5.92. The first kappa shape index (κ1) is 13.7. The molecule has 1 atom stereocenters. The molecule has 17 heavy (non-hydrogen) atoms. The van der Waals surface area contributed by atoms with E-state index in [1.54, 1.807) is 0 Å². The molecule has 1 rings (SSSR count). The lowest BCUT2D eigenvalue weighted by atomic mass is 10.2. The zero-order chi connectivity index (χ0) is 12.9. The number of anilines is 1. The second kappa shape index (κ2) is 5.82. The van der Waals surface area contributed by atoms with Crippen molar-refractivity contribution < 1.29 is 4.79 Å². The van der Waals surface area contributed by atoms with Crippen LogP contribution in [0.15, 0.2) is 43.0 Å². The summed E-state index contributed by atoms with van der Waals surface area (Å²) < 4.78 is 0. The van der Waals surface area contributed by atoms with Crippen molar-refractivity contribution in [1.82, 2.24) is 0 Å². The number of benzene rings is 1. The molecule has 92 valence electrons. The largest absolute Gasteiger partial charge is 0.326 e. The summed E-state index contributed by atoms with van der Waals surface area (Å²) in [7, 11) is -1.51. The fourth-order valence-electron chi connectivity index (χ4n) is 1.77. The molecule has 0 aromatic heterocycles. The van der Waals surface area contributed by atoms with Gasteiger partial charge < -0.3 is 5.32 Å². The molecule has 0 bridgehead atoms. The fraction of sp³-hybridized carbons (Fsp3) is 0.357. The number of amides is 1. The molecule has 1 aromatic rings. The number of para-hydroxylation sites is 1. The van der Waals surface area contributed by atoms with Gasteiger partial charge in [0.1, 0.15) is 0 Å². The Hall–Kier alpha value is -1.35. The molecule has 0 saturated carbocycles. The van der Waals surface area contributed by atoms with E-state index in [-0.39, 0.29) is 11.4 Å². The van der Waals surface area contributed by atoms with Crippen LogP contribution >= 0.6 is 0 Å². The minimum atomic E-state index is -1.51. The van der Waals surface area contributed by atoms with Crippen molar-refractivity contribution in [1.29, 1.82) is 0 Å². The average molecular weight is 247 g/mol. The third kappa shape index (κ3) is 4.19.